The predicted molar refractivity (Wildman–Crippen MR) is 112 cm³/mol. The highest BCUT2D eigenvalue weighted by molar-refractivity contribution is 6.30. The molecule has 2 aromatic heterocycles. The molecule has 0 bridgehead atoms. The van der Waals surface area contributed by atoms with Crippen molar-refractivity contribution in [1.82, 2.24) is 9.55 Å². The second-order valence-corrected chi connectivity index (χ2v) is 6.93. The van der Waals surface area contributed by atoms with E-state index >= 15 is 0 Å². The monoisotopic (exact) mass is 400 g/mol. The molecule has 0 fully saturated rings. The molecule has 0 spiro atoms. The zero-order chi connectivity index (χ0) is 18.3. The Morgan fingerprint density at radius 2 is 1.78 bits per heavy atom. The number of aromatic nitrogens is 2. The molecule has 27 heavy (non-hydrogen) atoms. The molecule has 0 atom stereocenters. The molecular formula is C22H19Cl2FN2. The molecule has 5 heteroatoms. The first-order valence-electron chi connectivity index (χ1n) is 8.49. The second-order valence-electron chi connectivity index (χ2n) is 6.49. The van der Waals surface area contributed by atoms with Crippen molar-refractivity contribution >= 4 is 34.9 Å². The third-order valence-corrected chi connectivity index (χ3v) is 5.15. The largest absolute Gasteiger partial charge is 0.338 e. The van der Waals surface area contributed by atoms with E-state index < -0.39 is 0 Å². The van der Waals surface area contributed by atoms with Crippen LogP contribution >= 0.6 is 24.0 Å². The Bertz CT molecular complexity index is 1100. The minimum absolute atomic E-state index is 0. The van der Waals surface area contributed by atoms with Crippen molar-refractivity contribution in [3.63, 3.8) is 0 Å². The van der Waals surface area contributed by atoms with E-state index in [-0.39, 0.29) is 18.2 Å². The van der Waals surface area contributed by atoms with Gasteiger partial charge in [0.15, 0.2) is 0 Å². The molecule has 4 rings (SSSR count). The number of aryl methyl sites for hydroxylation is 1. The highest BCUT2D eigenvalue weighted by atomic mass is 35.5. The van der Waals surface area contributed by atoms with Crippen molar-refractivity contribution in [3.8, 4) is 11.3 Å². The quantitative estimate of drug-likeness (QED) is 0.379. The van der Waals surface area contributed by atoms with Gasteiger partial charge in [-0.2, -0.15) is 0 Å². The summed E-state index contributed by atoms with van der Waals surface area (Å²) in [5.74, 6) is -0.218. The zero-order valence-electron chi connectivity index (χ0n) is 15.0. The van der Waals surface area contributed by atoms with E-state index in [4.69, 9.17) is 11.6 Å². The molecule has 0 unspecified atom stereocenters. The van der Waals surface area contributed by atoms with Gasteiger partial charge in [-0.15, -0.1) is 12.4 Å². The average molecular weight is 401 g/mol. The van der Waals surface area contributed by atoms with Crippen molar-refractivity contribution in [1.29, 1.82) is 0 Å². The molecule has 2 nitrogen and oxygen atoms in total. The van der Waals surface area contributed by atoms with Crippen LogP contribution in [0.2, 0.25) is 5.02 Å². The third kappa shape index (κ3) is 3.58. The number of rotatable bonds is 3. The summed E-state index contributed by atoms with van der Waals surface area (Å²) < 4.78 is 15.9. The lowest BCUT2D eigenvalue weighted by atomic mass is 10.1. The second kappa shape index (κ2) is 7.71. The molecular weight excluding hydrogens is 382 g/mol. The summed E-state index contributed by atoms with van der Waals surface area (Å²) in [6.45, 7) is 4.81. The Morgan fingerprint density at radius 3 is 2.48 bits per heavy atom. The van der Waals surface area contributed by atoms with Gasteiger partial charge in [0.2, 0.25) is 0 Å². The summed E-state index contributed by atoms with van der Waals surface area (Å²) >= 11 is 6.04. The van der Waals surface area contributed by atoms with Crippen LogP contribution in [0.4, 0.5) is 4.39 Å². The Labute approximate surface area is 169 Å². The summed E-state index contributed by atoms with van der Waals surface area (Å²) in [6, 6.07) is 16.5. The maximum Gasteiger partial charge on any atom is 0.123 e. The summed E-state index contributed by atoms with van der Waals surface area (Å²) in [4.78, 5) is 4.64. The van der Waals surface area contributed by atoms with Crippen LogP contribution in [0.15, 0.2) is 60.8 Å². The Kier molecular flexibility index (Phi) is 5.54. The van der Waals surface area contributed by atoms with Crippen molar-refractivity contribution in [2.45, 2.75) is 20.4 Å². The van der Waals surface area contributed by atoms with E-state index in [1.807, 2.05) is 42.6 Å². The Morgan fingerprint density at radius 1 is 1.04 bits per heavy atom. The van der Waals surface area contributed by atoms with Gasteiger partial charge < -0.3 is 4.57 Å². The maximum absolute atomic E-state index is 13.6. The first-order valence-corrected chi connectivity index (χ1v) is 8.87. The van der Waals surface area contributed by atoms with Gasteiger partial charge in [-0.05, 0) is 55.3 Å². The molecule has 4 aromatic rings. The van der Waals surface area contributed by atoms with E-state index in [1.165, 1.54) is 17.0 Å². The van der Waals surface area contributed by atoms with Gasteiger partial charge in [0.1, 0.15) is 5.82 Å². The first kappa shape index (κ1) is 19.4. The van der Waals surface area contributed by atoms with E-state index in [1.54, 1.807) is 12.1 Å². The lowest BCUT2D eigenvalue weighted by molar-refractivity contribution is 0.623. The van der Waals surface area contributed by atoms with Crippen LogP contribution in [-0.4, -0.2) is 9.55 Å². The summed E-state index contributed by atoms with van der Waals surface area (Å²) in [5.41, 5.74) is 6.29. The fourth-order valence-corrected chi connectivity index (χ4v) is 3.56. The predicted octanol–water partition coefficient (Wildman–Crippen LogP) is 6.58. The van der Waals surface area contributed by atoms with Crippen LogP contribution in [0.3, 0.4) is 0 Å². The molecule has 0 radical (unpaired) electrons. The van der Waals surface area contributed by atoms with E-state index in [9.17, 15) is 4.39 Å². The third-order valence-electron chi connectivity index (χ3n) is 4.89. The number of hydrogen-bond acceptors (Lipinski definition) is 1. The Balaban J connectivity index is 0.00000210. The van der Waals surface area contributed by atoms with Crippen LogP contribution < -0.4 is 0 Å². The molecule has 0 aliphatic carbocycles. The van der Waals surface area contributed by atoms with Crippen molar-refractivity contribution < 1.29 is 4.39 Å². The minimum atomic E-state index is -0.218. The normalized spacial score (nSPS) is 10.8. The number of halogens is 3. The van der Waals surface area contributed by atoms with Gasteiger partial charge in [0, 0.05) is 34.4 Å². The molecule has 0 aliphatic heterocycles. The molecule has 0 amide bonds. The van der Waals surface area contributed by atoms with Gasteiger partial charge >= 0.3 is 0 Å². The van der Waals surface area contributed by atoms with Gasteiger partial charge in [-0.25, -0.2) is 4.39 Å². The van der Waals surface area contributed by atoms with Gasteiger partial charge in [0.05, 0.1) is 11.2 Å². The highest BCUT2D eigenvalue weighted by Gasteiger charge is 2.16. The summed E-state index contributed by atoms with van der Waals surface area (Å²) in [7, 11) is 0. The molecule has 0 saturated carbocycles. The Hall–Kier alpha value is -2.36. The molecule has 0 aliphatic rings. The number of pyridine rings is 1. The fraction of sp³-hybridized carbons (Fsp3) is 0.136. The smallest absolute Gasteiger partial charge is 0.123 e. The van der Waals surface area contributed by atoms with Crippen LogP contribution in [0.1, 0.15) is 16.8 Å². The topological polar surface area (TPSA) is 17.8 Å². The molecule has 2 heterocycles. The van der Waals surface area contributed by atoms with E-state index in [0.717, 1.165) is 28.0 Å². The number of benzene rings is 2. The van der Waals surface area contributed by atoms with Crippen molar-refractivity contribution in [2.24, 2.45) is 0 Å². The average Bonchev–Trinajstić information content (AvgIpc) is 2.88. The van der Waals surface area contributed by atoms with Gasteiger partial charge in [-0.1, -0.05) is 35.9 Å². The number of fused-ring (bicyclic) bond motifs is 1. The van der Waals surface area contributed by atoms with Crippen LogP contribution in [0.5, 0.6) is 0 Å². The molecule has 0 saturated heterocycles. The van der Waals surface area contributed by atoms with Gasteiger partial charge in [-0.3, -0.25) is 4.98 Å². The van der Waals surface area contributed by atoms with Crippen molar-refractivity contribution in [2.75, 3.05) is 0 Å². The molecule has 2 aromatic carbocycles. The van der Waals surface area contributed by atoms with Crippen LogP contribution in [-0.2, 0) is 6.54 Å². The zero-order valence-corrected chi connectivity index (χ0v) is 16.6. The van der Waals surface area contributed by atoms with Gasteiger partial charge in [0.25, 0.3) is 0 Å². The van der Waals surface area contributed by atoms with Crippen molar-refractivity contribution in [3.05, 3.63) is 88.5 Å². The summed E-state index contributed by atoms with van der Waals surface area (Å²) in [5, 5.41) is 1.86. The molecule has 0 N–H and O–H groups in total. The fourth-order valence-electron chi connectivity index (χ4n) is 3.43. The molecule has 138 valence electrons. The van der Waals surface area contributed by atoms with E-state index in [0.29, 0.717) is 11.6 Å². The lowest BCUT2D eigenvalue weighted by Gasteiger charge is -2.12. The highest BCUT2D eigenvalue weighted by Crippen LogP contribution is 2.33. The lowest BCUT2D eigenvalue weighted by Crippen LogP contribution is -2.03. The van der Waals surface area contributed by atoms with E-state index in [2.05, 4.69) is 23.4 Å². The van der Waals surface area contributed by atoms with Crippen LogP contribution in [0.25, 0.3) is 22.2 Å². The minimum Gasteiger partial charge on any atom is -0.338 e. The standard InChI is InChI=1S/C22H18ClFN2.ClH/c1-14-15(2)26(13-16-4-3-5-19(24)12-16)22-20(14)10-11-25-21(22)17-6-8-18(23)9-7-17;/h3-12H,13H2,1-2H3;1H. The SMILES string of the molecule is Cc1c(C)n(Cc2cccc(F)c2)c2c(-c3ccc(Cl)cc3)nccc12.Cl. The first-order chi connectivity index (χ1) is 12.5. The number of hydrogen-bond donors (Lipinski definition) is 0. The number of nitrogens with zero attached hydrogens (tertiary/aromatic N) is 2. The summed E-state index contributed by atoms with van der Waals surface area (Å²) in [6.07, 6.45) is 1.84. The van der Waals surface area contributed by atoms with Crippen LogP contribution in [0, 0.1) is 19.7 Å². The maximum atomic E-state index is 13.6.